The summed E-state index contributed by atoms with van der Waals surface area (Å²) >= 11 is 0. The van der Waals surface area contributed by atoms with E-state index in [0.29, 0.717) is 0 Å². The monoisotopic (exact) mass is 376 g/mol. The van der Waals surface area contributed by atoms with Crippen LogP contribution in [-0.4, -0.2) is 36.5 Å². The maximum atomic E-state index is 12.9. The highest BCUT2D eigenvalue weighted by atomic mass is 16.1. The number of rotatable bonds is 7. The molecule has 0 radical (unpaired) electrons. The van der Waals surface area contributed by atoms with Crippen LogP contribution in [0.3, 0.4) is 0 Å². The molecule has 2 aromatic rings. The molecule has 0 bridgehead atoms. The highest BCUT2D eigenvalue weighted by molar-refractivity contribution is 5.95. The van der Waals surface area contributed by atoms with Crippen molar-refractivity contribution in [1.82, 2.24) is 10.2 Å². The van der Waals surface area contributed by atoms with E-state index in [0.717, 1.165) is 56.4 Å². The van der Waals surface area contributed by atoms with E-state index in [4.69, 9.17) is 0 Å². The smallest absolute Gasteiger partial charge is 0.251 e. The van der Waals surface area contributed by atoms with Crippen LogP contribution in [0, 0.1) is 0 Å². The first-order valence-corrected chi connectivity index (χ1v) is 10.4. The molecule has 0 saturated carbocycles. The van der Waals surface area contributed by atoms with Crippen molar-refractivity contribution < 1.29 is 4.79 Å². The van der Waals surface area contributed by atoms with Crippen molar-refractivity contribution >= 4 is 5.91 Å². The van der Waals surface area contributed by atoms with Crippen molar-refractivity contribution in [2.75, 3.05) is 19.6 Å². The number of allylic oxidation sites excluding steroid dienone is 1. The first-order valence-electron chi connectivity index (χ1n) is 10.4. The van der Waals surface area contributed by atoms with Crippen molar-refractivity contribution in [2.45, 2.75) is 45.6 Å². The number of benzene rings is 2. The lowest BCUT2D eigenvalue weighted by molar-refractivity contribution is 0.0913. The molecule has 0 atom stereocenters. The molecule has 0 unspecified atom stereocenters. The van der Waals surface area contributed by atoms with Crippen LogP contribution in [0.25, 0.3) is 0 Å². The Morgan fingerprint density at radius 2 is 1.68 bits per heavy atom. The molecule has 1 aliphatic heterocycles. The fraction of sp³-hybridized carbons (Fsp3) is 0.400. The molecule has 28 heavy (non-hydrogen) atoms. The Bertz CT molecular complexity index is 785. The number of nitrogens with one attached hydrogen (secondary N) is 1. The van der Waals surface area contributed by atoms with Crippen LogP contribution in [0.2, 0.25) is 0 Å². The summed E-state index contributed by atoms with van der Waals surface area (Å²) in [5.41, 5.74) is 4.62. The third-order valence-electron chi connectivity index (χ3n) is 5.47. The summed E-state index contributed by atoms with van der Waals surface area (Å²) in [5, 5.41) is 3.28. The summed E-state index contributed by atoms with van der Waals surface area (Å²) in [7, 11) is 0. The third kappa shape index (κ3) is 6.07. The number of aryl methyl sites for hydroxylation is 2. The van der Waals surface area contributed by atoms with E-state index in [-0.39, 0.29) is 11.9 Å². The normalized spacial score (nSPS) is 15.2. The highest BCUT2D eigenvalue weighted by Gasteiger charge is 2.21. The van der Waals surface area contributed by atoms with Crippen LogP contribution in [0.4, 0.5) is 0 Å². The Morgan fingerprint density at radius 3 is 2.39 bits per heavy atom. The molecule has 1 heterocycles. The lowest BCUT2D eigenvalue weighted by Gasteiger charge is -2.31. The van der Waals surface area contributed by atoms with Crippen LogP contribution in [-0.2, 0) is 12.8 Å². The van der Waals surface area contributed by atoms with Crippen molar-refractivity contribution in [3.8, 4) is 0 Å². The molecule has 3 nitrogen and oxygen atoms in total. The number of hydrogen-bond acceptors (Lipinski definition) is 2. The quantitative estimate of drug-likeness (QED) is 0.715. The molecule has 0 aliphatic carbocycles. The van der Waals surface area contributed by atoms with Gasteiger partial charge in [0.25, 0.3) is 5.91 Å². The van der Waals surface area contributed by atoms with Crippen LogP contribution >= 0.6 is 0 Å². The fourth-order valence-corrected chi connectivity index (χ4v) is 3.72. The summed E-state index contributed by atoms with van der Waals surface area (Å²) in [6.45, 7) is 7.39. The fourth-order valence-electron chi connectivity index (χ4n) is 3.72. The van der Waals surface area contributed by atoms with E-state index in [1.807, 2.05) is 24.3 Å². The Labute approximate surface area is 169 Å². The van der Waals surface area contributed by atoms with E-state index < -0.39 is 0 Å². The molecular weight excluding hydrogens is 344 g/mol. The maximum Gasteiger partial charge on any atom is 0.251 e. The number of carbonyl (C=O) groups is 1. The summed E-state index contributed by atoms with van der Waals surface area (Å²) in [6.07, 6.45) is 6.16. The number of piperidine rings is 1. The number of hydrogen-bond donors (Lipinski definition) is 1. The van der Waals surface area contributed by atoms with Gasteiger partial charge in [0.15, 0.2) is 0 Å². The number of likely N-dealkylation sites (tertiary alicyclic amines) is 1. The van der Waals surface area contributed by atoms with Gasteiger partial charge in [0.1, 0.15) is 0 Å². The topological polar surface area (TPSA) is 32.3 Å². The summed E-state index contributed by atoms with van der Waals surface area (Å²) < 4.78 is 0. The van der Waals surface area contributed by atoms with Crippen LogP contribution < -0.4 is 5.32 Å². The number of nitrogens with zero attached hydrogens (tertiary/aromatic N) is 1. The SMILES string of the molecule is CC(C)=CCN1CCC(NC(=O)c2ccccc2CCc2ccccc2)CC1. The highest BCUT2D eigenvalue weighted by Crippen LogP contribution is 2.15. The second-order valence-electron chi connectivity index (χ2n) is 7.97. The minimum absolute atomic E-state index is 0.0754. The molecule has 0 aromatic heterocycles. The Kier molecular flexibility index (Phi) is 7.44. The maximum absolute atomic E-state index is 12.9. The molecule has 2 aromatic carbocycles. The van der Waals surface area contributed by atoms with Gasteiger partial charge in [-0.2, -0.15) is 0 Å². The van der Waals surface area contributed by atoms with Gasteiger partial charge in [0.2, 0.25) is 0 Å². The Morgan fingerprint density at radius 1 is 1.00 bits per heavy atom. The predicted octanol–water partition coefficient (Wildman–Crippen LogP) is 4.63. The number of carbonyl (C=O) groups excluding carboxylic acids is 1. The molecule has 1 saturated heterocycles. The zero-order chi connectivity index (χ0) is 19.8. The largest absolute Gasteiger partial charge is 0.349 e. The second-order valence-corrected chi connectivity index (χ2v) is 7.97. The minimum Gasteiger partial charge on any atom is -0.349 e. The predicted molar refractivity (Wildman–Crippen MR) is 117 cm³/mol. The van der Waals surface area contributed by atoms with Gasteiger partial charge in [-0.15, -0.1) is 0 Å². The average Bonchev–Trinajstić information content (AvgIpc) is 2.72. The van der Waals surface area contributed by atoms with Gasteiger partial charge in [-0.3, -0.25) is 9.69 Å². The summed E-state index contributed by atoms with van der Waals surface area (Å²) in [5.74, 6) is 0.0754. The van der Waals surface area contributed by atoms with Crippen molar-refractivity contribution in [1.29, 1.82) is 0 Å². The minimum atomic E-state index is 0.0754. The summed E-state index contributed by atoms with van der Waals surface area (Å²) in [4.78, 5) is 15.4. The summed E-state index contributed by atoms with van der Waals surface area (Å²) in [6, 6.07) is 18.8. The Hall–Kier alpha value is -2.39. The molecular formula is C25H32N2O. The lowest BCUT2D eigenvalue weighted by atomic mass is 9.98. The Balaban J connectivity index is 1.54. The zero-order valence-corrected chi connectivity index (χ0v) is 17.2. The first kappa shape index (κ1) is 20.3. The van der Waals surface area contributed by atoms with E-state index in [9.17, 15) is 4.79 Å². The van der Waals surface area contributed by atoms with Crippen LogP contribution in [0.15, 0.2) is 66.2 Å². The van der Waals surface area contributed by atoms with E-state index in [1.54, 1.807) is 0 Å². The molecule has 3 heteroatoms. The van der Waals surface area contributed by atoms with Gasteiger partial charge in [-0.05, 0) is 56.7 Å². The lowest BCUT2D eigenvalue weighted by Crippen LogP contribution is -2.44. The third-order valence-corrected chi connectivity index (χ3v) is 5.47. The second kappa shape index (κ2) is 10.2. The average molecular weight is 377 g/mol. The molecule has 1 amide bonds. The van der Waals surface area contributed by atoms with E-state index in [1.165, 1.54) is 11.1 Å². The number of amides is 1. The molecule has 1 aliphatic rings. The zero-order valence-electron chi connectivity index (χ0n) is 17.2. The van der Waals surface area contributed by atoms with Gasteiger partial charge in [0, 0.05) is 31.2 Å². The van der Waals surface area contributed by atoms with Gasteiger partial charge in [-0.25, -0.2) is 0 Å². The standard InChI is InChI=1S/C25H32N2O/c1-20(2)14-17-27-18-15-23(16-19-27)26-25(28)24-11-7-6-10-22(24)13-12-21-8-4-3-5-9-21/h3-11,14,23H,12-13,15-19H2,1-2H3,(H,26,28). The van der Waals surface area contributed by atoms with Gasteiger partial charge >= 0.3 is 0 Å². The molecule has 1 N–H and O–H groups in total. The first-order chi connectivity index (χ1) is 13.6. The molecule has 0 spiro atoms. The van der Waals surface area contributed by atoms with Gasteiger partial charge in [0.05, 0.1) is 0 Å². The van der Waals surface area contributed by atoms with Crippen molar-refractivity contribution in [3.63, 3.8) is 0 Å². The molecule has 1 fully saturated rings. The van der Waals surface area contributed by atoms with Crippen molar-refractivity contribution in [2.24, 2.45) is 0 Å². The van der Waals surface area contributed by atoms with Crippen LogP contribution in [0.1, 0.15) is 48.2 Å². The molecule has 148 valence electrons. The molecule has 3 rings (SSSR count). The van der Waals surface area contributed by atoms with Crippen molar-refractivity contribution in [3.05, 3.63) is 82.9 Å². The van der Waals surface area contributed by atoms with E-state index in [2.05, 4.69) is 60.5 Å². The van der Waals surface area contributed by atoms with E-state index >= 15 is 0 Å². The van der Waals surface area contributed by atoms with Gasteiger partial charge in [-0.1, -0.05) is 60.2 Å². The van der Waals surface area contributed by atoms with Gasteiger partial charge < -0.3 is 5.32 Å². The van der Waals surface area contributed by atoms with Crippen LogP contribution in [0.5, 0.6) is 0 Å².